The molecule has 0 aliphatic rings. The van der Waals surface area contributed by atoms with Crippen LogP contribution >= 0.6 is 23.8 Å². The van der Waals surface area contributed by atoms with Gasteiger partial charge in [0.05, 0.1) is 0 Å². The second kappa shape index (κ2) is 4.04. The van der Waals surface area contributed by atoms with E-state index < -0.39 is 0 Å². The van der Waals surface area contributed by atoms with Crippen LogP contribution in [0.15, 0.2) is 36.4 Å². The summed E-state index contributed by atoms with van der Waals surface area (Å²) < 4.78 is 0. The molecule has 2 aromatic rings. The number of nitrogens with two attached hydrogens (primary N) is 1. The smallest absolute Gasteiger partial charge is 0.168 e. The lowest BCUT2D eigenvalue weighted by Gasteiger charge is -2.08. The van der Waals surface area contributed by atoms with Gasteiger partial charge in [-0.1, -0.05) is 35.9 Å². The van der Waals surface area contributed by atoms with Crippen LogP contribution in [0.2, 0.25) is 5.02 Å². The molecule has 0 heterocycles. The monoisotopic (exact) mass is 236 g/mol. The highest BCUT2D eigenvalue weighted by Crippen LogP contribution is 2.29. The van der Waals surface area contributed by atoms with Gasteiger partial charge in [-0.25, -0.2) is 0 Å². The maximum atomic E-state index is 6.07. The Bertz CT molecular complexity index is 525. The van der Waals surface area contributed by atoms with Crippen LogP contribution in [0.4, 0.5) is 5.69 Å². The van der Waals surface area contributed by atoms with Gasteiger partial charge in [-0.3, -0.25) is 0 Å². The molecule has 0 atom stereocenters. The Labute approximate surface area is 98.0 Å². The zero-order chi connectivity index (χ0) is 10.8. The molecule has 2 nitrogen and oxygen atoms in total. The zero-order valence-corrected chi connectivity index (χ0v) is 9.40. The minimum atomic E-state index is 0.252. The maximum absolute atomic E-state index is 6.07. The number of thiocarbonyl (C=S) groups is 1. The van der Waals surface area contributed by atoms with Gasteiger partial charge < -0.3 is 11.1 Å². The lowest BCUT2D eigenvalue weighted by atomic mass is 10.1. The van der Waals surface area contributed by atoms with Gasteiger partial charge in [0, 0.05) is 21.5 Å². The number of halogens is 1. The van der Waals surface area contributed by atoms with Gasteiger partial charge in [0.25, 0.3) is 0 Å². The SMILES string of the molecule is NC(=S)Nc1ccc(Cl)c2ccccc12. The van der Waals surface area contributed by atoms with Gasteiger partial charge in [0.15, 0.2) is 5.11 Å². The van der Waals surface area contributed by atoms with Crippen LogP contribution in [-0.4, -0.2) is 5.11 Å². The third kappa shape index (κ3) is 2.03. The molecular formula is C11H9ClN2S. The van der Waals surface area contributed by atoms with Gasteiger partial charge in [0.2, 0.25) is 0 Å². The predicted molar refractivity (Wildman–Crippen MR) is 69.4 cm³/mol. The van der Waals surface area contributed by atoms with Crippen LogP contribution in [0.1, 0.15) is 0 Å². The summed E-state index contributed by atoms with van der Waals surface area (Å²) >= 11 is 10.9. The molecule has 4 heteroatoms. The molecule has 0 spiro atoms. The Morgan fingerprint density at radius 2 is 1.80 bits per heavy atom. The first kappa shape index (κ1) is 10.2. The van der Waals surface area contributed by atoms with Crippen molar-refractivity contribution in [3.8, 4) is 0 Å². The van der Waals surface area contributed by atoms with Crippen LogP contribution in [0.5, 0.6) is 0 Å². The molecule has 2 rings (SSSR count). The topological polar surface area (TPSA) is 38.0 Å². The van der Waals surface area contributed by atoms with Gasteiger partial charge >= 0.3 is 0 Å². The third-order valence-electron chi connectivity index (χ3n) is 2.13. The summed E-state index contributed by atoms with van der Waals surface area (Å²) in [5, 5.41) is 5.90. The van der Waals surface area contributed by atoms with E-state index in [1.165, 1.54) is 0 Å². The fourth-order valence-corrected chi connectivity index (χ4v) is 1.84. The number of fused-ring (bicyclic) bond motifs is 1. The lowest BCUT2D eigenvalue weighted by Crippen LogP contribution is -2.18. The van der Waals surface area contributed by atoms with E-state index in [-0.39, 0.29) is 5.11 Å². The molecule has 0 saturated carbocycles. The molecule has 0 saturated heterocycles. The predicted octanol–water partition coefficient (Wildman–Crippen LogP) is 3.15. The van der Waals surface area contributed by atoms with Crippen LogP contribution in [-0.2, 0) is 0 Å². The van der Waals surface area contributed by atoms with Gasteiger partial charge in [0.1, 0.15) is 0 Å². The molecule has 0 fully saturated rings. The van der Waals surface area contributed by atoms with E-state index in [0.29, 0.717) is 0 Å². The molecule has 0 amide bonds. The van der Waals surface area contributed by atoms with E-state index in [1.807, 2.05) is 36.4 Å². The quantitative estimate of drug-likeness (QED) is 0.747. The van der Waals surface area contributed by atoms with Crippen molar-refractivity contribution in [2.45, 2.75) is 0 Å². The average molecular weight is 237 g/mol. The molecule has 15 heavy (non-hydrogen) atoms. The van der Waals surface area contributed by atoms with Crippen LogP contribution in [0.3, 0.4) is 0 Å². The molecule has 0 bridgehead atoms. The highest BCUT2D eigenvalue weighted by Gasteiger charge is 2.03. The normalized spacial score (nSPS) is 10.2. The largest absolute Gasteiger partial charge is 0.376 e. The summed E-state index contributed by atoms with van der Waals surface area (Å²) in [5.74, 6) is 0. The number of anilines is 1. The van der Waals surface area contributed by atoms with Crippen molar-refractivity contribution in [2.75, 3.05) is 5.32 Å². The Balaban J connectivity index is 2.66. The second-order valence-corrected chi connectivity index (χ2v) is 3.98. The van der Waals surface area contributed by atoms with Crippen molar-refractivity contribution in [3.05, 3.63) is 41.4 Å². The molecule has 0 unspecified atom stereocenters. The molecule has 0 aliphatic heterocycles. The van der Waals surface area contributed by atoms with E-state index in [4.69, 9.17) is 29.6 Å². The molecule has 2 aromatic carbocycles. The second-order valence-electron chi connectivity index (χ2n) is 3.13. The van der Waals surface area contributed by atoms with Gasteiger partial charge in [-0.2, -0.15) is 0 Å². The maximum Gasteiger partial charge on any atom is 0.168 e. The number of rotatable bonds is 1. The lowest BCUT2D eigenvalue weighted by molar-refractivity contribution is 1.64. The number of hydrogen-bond donors (Lipinski definition) is 2. The summed E-state index contributed by atoms with van der Waals surface area (Å²) in [7, 11) is 0. The van der Waals surface area contributed by atoms with Gasteiger partial charge in [-0.15, -0.1) is 0 Å². The summed E-state index contributed by atoms with van der Waals surface area (Å²) in [6, 6.07) is 11.5. The van der Waals surface area contributed by atoms with Crippen molar-refractivity contribution in [3.63, 3.8) is 0 Å². The molecule has 76 valence electrons. The van der Waals surface area contributed by atoms with Crippen molar-refractivity contribution in [2.24, 2.45) is 5.73 Å². The average Bonchev–Trinajstić information content (AvgIpc) is 2.22. The summed E-state index contributed by atoms with van der Waals surface area (Å²) in [4.78, 5) is 0. The highest BCUT2D eigenvalue weighted by atomic mass is 35.5. The summed E-state index contributed by atoms with van der Waals surface area (Å²) in [6.07, 6.45) is 0. The molecule has 0 radical (unpaired) electrons. The van der Waals surface area contributed by atoms with E-state index in [2.05, 4.69) is 5.32 Å². The highest BCUT2D eigenvalue weighted by molar-refractivity contribution is 7.80. The van der Waals surface area contributed by atoms with E-state index in [0.717, 1.165) is 21.5 Å². The molecule has 0 aromatic heterocycles. The zero-order valence-electron chi connectivity index (χ0n) is 7.83. The van der Waals surface area contributed by atoms with E-state index >= 15 is 0 Å². The fraction of sp³-hybridized carbons (Fsp3) is 0. The van der Waals surface area contributed by atoms with Crippen LogP contribution in [0.25, 0.3) is 10.8 Å². The number of nitrogens with one attached hydrogen (secondary N) is 1. The standard InChI is InChI=1S/C11H9ClN2S/c12-9-5-6-10(14-11(13)15)8-4-2-1-3-7(8)9/h1-6H,(H3,13,14,15). The molecule has 0 aliphatic carbocycles. The van der Waals surface area contributed by atoms with Crippen LogP contribution in [0, 0.1) is 0 Å². The van der Waals surface area contributed by atoms with Crippen molar-refractivity contribution in [1.82, 2.24) is 0 Å². The van der Waals surface area contributed by atoms with Crippen molar-refractivity contribution >= 4 is 45.4 Å². The number of hydrogen-bond acceptors (Lipinski definition) is 1. The third-order valence-corrected chi connectivity index (χ3v) is 2.56. The molecule has 3 N–H and O–H groups in total. The fourth-order valence-electron chi connectivity index (χ4n) is 1.50. The Morgan fingerprint density at radius 3 is 2.47 bits per heavy atom. The Kier molecular flexibility index (Phi) is 2.75. The number of benzene rings is 2. The first-order valence-electron chi connectivity index (χ1n) is 4.42. The summed E-state index contributed by atoms with van der Waals surface area (Å²) in [6.45, 7) is 0. The van der Waals surface area contributed by atoms with E-state index in [9.17, 15) is 0 Å². The molecular weight excluding hydrogens is 228 g/mol. The minimum Gasteiger partial charge on any atom is -0.376 e. The minimum absolute atomic E-state index is 0.252. The van der Waals surface area contributed by atoms with E-state index in [1.54, 1.807) is 0 Å². The van der Waals surface area contributed by atoms with Crippen LogP contribution < -0.4 is 11.1 Å². The van der Waals surface area contributed by atoms with Crippen molar-refractivity contribution in [1.29, 1.82) is 0 Å². The van der Waals surface area contributed by atoms with Crippen molar-refractivity contribution < 1.29 is 0 Å². The first-order valence-corrected chi connectivity index (χ1v) is 5.21. The Morgan fingerprint density at radius 1 is 1.13 bits per heavy atom. The summed E-state index contributed by atoms with van der Waals surface area (Å²) in [5.41, 5.74) is 6.32. The Hall–Kier alpha value is -1.32. The van der Waals surface area contributed by atoms with Gasteiger partial charge in [-0.05, 0) is 24.4 Å². The first-order chi connectivity index (χ1) is 7.18.